The lowest BCUT2D eigenvalue weighted by atomic mass is 10.1. The molecule has 174 valence electrons. The number of sulfonamides is 1. The van der Waals surface area contributed by atoms with Crippen LogP contribution in [0.25, 0.3) is 0 Å². The van der Waals surface area contributed by atoms with Crippen LogP contribution in [-0.4, -0.2) is 33.7 Å². The van der Waals surface area contributed by atoms with Crippen LogP contribution in [0.4, 0.5) is 5.69 Å². The highest BCUT2D eigenvalue weighted by molar-refractivity contribution is 7.92. The predicted molar refractivity (Wildman–Crippen MR) is 133 cm³/mol. The van der Waals surface area contributed by atoms with Gasteiger partial charge >= 0.3 is 0 Å². The Morgan fingerprint density at radius 1 is 0.970 bits per heavy atom. The number of carbonyl (C=O) groups excluding carboxylic acids is 1. The third kappa shape index (κ3) is 6.49. The van der Waals surface area contributed by atoms with E-state index in [1.54, 1.807) is 36.4 Å². The Morgan fingerprint density at radius 3 is 2.21 bits per heavy atom. The third-order valence-electron chi connectivity index (χ3n) is 5.11. The fourth-order valence-electron chi connectivity index (χ4n) is 3.48. The zero-order chi connectivity index (χ0) is 24.0. The van der Waals surface area contributed by atoms with Gasteiger partial charge in [-0.05, 0) is 54.8 Å². The highest BCUT2D eigenvalue weighted by atomic mass is 35.5. The standard InChI is InChI=1S/C25H27ClN2O4S/c1-18-7-6-8-19(2)24(18)28(33(3,30)31)17-20-11-13-21(14-12-20)25(29)27-15-16-32-23-10-5-4-9-22(23)26/h4-14H,15-17H2,1-3H3,(H,27,29). The fraction of sp³-hybridized carbons (Fsp3) is 0.240. The summed E-state index contributed by atoms with van der Waals surface area (Å²) >= 11 is 6.04. The van der Waals surface area contributed by atoms with E-state index in [2.05, 4.69) is 5.32 Å². The SMILES string of the molecule is Cc1cccc(C)c1N(Cc1ccc(C(=O)NCCOc2ccccc2Cl)cc1)S(C)(=O)=O. The summed E-state index contributed by atoms with van der Waals surface area (Å²) in [4.78, 5) is 12.4. The lowest BCUT2D eigenvalue weighted by Crippen LogP contribution is -2.31. The lowest BCUT2D eigenvalue weighted by molar-refractivity contribution is 0.0947. The highest BCUT2D eigenvalue weighted by Gasteiger charge is 2.21. The summed E-state index contributed by atoms with van der Waals surface area (Å²) in [5.41, 5.74) is 3.71. The van der Waals surface area contributed by atoms with Crippen LogP contribution in [0.15, 0.2) is 66.7 Å². The van der Waals surface area contributed by atoms with Gasteiger partial charge in [-0.25, -0.2) is 8.42 Å². The van der Waals surface area contributed by atoms with Crippen molar-refractivity contribution in [1.82, 2.24) is 5.32 Å². The van der Waals surface area contributed by atoms with Crippen LogP contribution < -0.4 is 14.4 Å². The topological polar surface area (TPSA) is 75.7 Å². The molecule has 0 saturated heterocycles. The highest BCUT2D eigenvalue weighted by Crippen LogP contribution is 2.28. The van der Waals surface area contributed by atoms with Crippen molar-refractivity contribution < 1.29 is 17.9 Å². The van der Waals surface area contributed by atoms with E-state index in [0.717, 1.165) is 16.7 Å². The Bertz CT molecular complexity index is 1210. The van der Waals surface area contributed by atoms with Gasteiger partial charge in [0.1, 0.15) is 12.4 Å². The Morgan fingerprint density at radius 2 is 1.61 bits per heavy atom. The number of benzene rings is 3. The van der Waals surface area contributed by atoms with E-state index < -0.39 is 10.0 Å². The van der Waals surface area contributed by atoms with Crippen LogP contribution in [-0.2, 0) is 16.6 Å². The minimum atomic E-state index is -3.50. The Balaban J connectivity index is 1.62. The maximum atomic E-state index is 12.5. The largest absolute Gasteiger partial charge is 0.490 e. The summed E-state index contributed by atoms with van der Waals surface area (Å²) in [6.07, 6.45) is 1.20. The molecule has 3 aromatic rings. The number of anilines is 1. The Hall–Kier alpha value is -3.03. The molecule has 0 unspecified atom stereocenters. The first-order chi connectivity index (χ1) is 15.7. The molecule has 0 bridgehead atoms. The van der Waals surface area contributed by atoms with Gasteiger partial charge in [0.2, 0.25) is 10.0 Å². The van der Waals surface area contributed by atoms with Gasteiger partial charge in [0.15, 0.2) is 0 Å². The molecule has 0 aliphatic heterocycles. The number of aryl methyl sites for hydroxylation is 2. The molecule has 8 heteroatoms. The molecule has 3 aromatic carbocycles. The molecule has 3 rings (SSSR count). The molecule has 0 aliphatic carbocycles. The number of amides is 1. The normalized spacial score (nSPS) is 11.2. The van der Waals surface area contributed by atoms with E-state index in [-0.39, 0.29) is 19.1 Å². The van der Waals surface area contributed by atoms with Gasteiger partial charge in [0, 0.05) is 5.56 Å². The number of nitrogens with zero attached hydrogens (tertiary/aromatic N) is 1. The first-order valence-electron chi connectivity index (χ1n) is 10.4. The first kappa shape index (κ1) is 24.6. The maximum Gasteiger partial charge on any atom is 0.251 e. The van der Waals surface area contributed by atoms with E-state index in [1.807, 2.05) is 44.2 Å². The van der Waals surface area contributed by atoms with Gasteiger partial charge in [-0.2, -0.15) is 0 Å². The van der Waals surface area contributed by atoms with Gasteiger partial charge in [-0.3, -0.25) is 9.10 Å². The summed E-state index contributed by atoms with van der Waals surface area (Å²) in [6, 6.07) is 19.7. The molecule has 1 amide bonds. The Labute approximate surface area is 200 Å². The lowest BCUT2D eigenvalue weighted by Gasteiger charge is -2.26. The van der Waals surface area contributed by atoms with Crippen molar-refractivity contribution in [3.63, 3.8) is 0 Å². The number of para-hydroxylation sites is 2. The number of carbonyl (C=O) groups is 1. The summed E-state index contributed by atoms with van der Waals surface area (Å²) in [5, 5.41) is 3.32. The number of nitrogens with one attached hydrogen (secondary N) is 1. The molecular formula is C25H27ClN2O4S. The number of rotatable bonds is 9. The molecule has 0 saturated carbocycles. The van der Waals surface area contributed by atoms with E-state index in [9.17, 15) is 13.2 Å². The van der Waals surface area contributed by atoms with E-state index in [0.29, 0.717) is 28.6 Å². The Kier molecular flexibility index (Phi) is 8.00. The van der Waals surface area contributed by atoms with Crippen molar-refractivity contribution in [1.29, 1.82) is 0 Å². The quantitative estimate of drug-likeness (QED) is 0.443. The van der Waals surface area contributed by atoms with Gasteiger partial charge in [0.05, 0.1) is 30.1 Å². The molecule has 1 N–H and O–H groups in total. The average molecular weight is 487 g/mol. The smallest absolute Gasteiger partial charge is 0.251 e. The second-order valence-electron chi connectivity index (χ2n) is 7.74. The summed E-state index contributed by atoms with van der Waals surface area (Å²) < 4.78 is 32.0. The van der Waals surface area contributed by atoms with Crippen molar-refractivity contribution >= 4 is 33.2 Å². The summed E-state index contributed by atoms with van der Waals surface area (Å²) in [5.74, 6) is 0.330. The van der Waals surface area contributed by atoms with Crippen LogP contribution in [0.3, 0.4) is 0 Å². The molecule has 0 aliphatic rings. The van der Waals surface area contributed by atoms with E-state index in [4.69, 9.17) is 16.3 Å². The molecule has 0 aromatic heterocycles. The minimum Gasteiger partial charge on any atom is -0.490 e. The summed E-state index contributed by atoms with van der Waals surface area (Å²) in [6.45, 7) is 4.57. The predicted octanol–water partition coefficient (Wildman–Crippen LogP) is 4.73. The molecule has 0 spiro atoms. The van der Waals surface area contributed by atoms with Gasteiger partial charge in [-0.15, -0.1) is 0 Å². The van der Waals surface area contributed by atoms with Crippen LogP contribution in [0.2, 0.25) is 5.02 Å². The van der Waals surface area contributed by atoms with Crippen LogP contribution in [0.1, 0.15) is 27.0 Å². The number of hydrogen-bond donors (Lipinski definition) is 1. The van der Waals surface area contributed by atoms with Gasteiger partial charge in [-0.1, -0.05) is 54.1 Å². The average Bonchev–Trinajstić information content (AvgIpc) is 2.76. The molecule has 0 atom stereocenters. The van der Waals surface area contributed by atoms with Crippen LogP contribution in [0, 0.1) is 13.8 Å². The molecule has 0 radical (unpaired) electrons. The number of halogens is 1. The molecule has 0 fully saturated rings. The molecule has 6 nitrogen and oxygen atoms in total. The van der Waals surface area contributed by atoms with Crippen molar-refractivity contribution in [3.05, 3.63) is 94.0 Å². The molecule has 0 heterocycles. The van der Waals surface area contributed by atoms with Crippen LogP contribution >= 0.6 is 11.6 Å². The van der Waals surface area contributed by atoms with E-state index in [1.165, 1.54) is 10.6 Å². The van der Waals surface area contributed by atoms with Crippen molar-refractivity contribution in [2.24, 2.45) is 0 Å². The zero-order valence-electron chi connectivity index (χ0n) is 18.8. The van der Waals surface area contributed by atoms with Gasteiger partial charge in [0.25, 0.3) is 5.91 Å². The van der Waals surface area contributed by atoms with Gasteiger partial charge < -0.3 is 10.1 Å². The minimum absolute atomic E-state index is 0.179. The second-order valence-corrected chi connectivity index (χ2v) is 10.1. The number of hydrogen-bond acceptors (Lipinski definition) is 4. The molecular weight excluding hydrogens is 460 g/mol. The van der Waals surface area contributed by atoms with Crippen molar-refractivity contribution in [2.75, 3.05) is 23.7 Å². The molecule has 33 heavy (non-hydrogen) atoms. The summed E-state index contributed by atoms with van der Waals surface area (Å²) in [7, 11) is -3.50. The van der Waals surface area contributed by atoms with Crippen LogP contribution in [0.5, 0.6) is 5.75 Å². The van der Waals surface area contributed by atoms with Crippen molar-refractivity contribution in [3.8, 4) is 5.75 Å². The third-order valence-corrected chi connectivity index (χ3v) is 6.54. The monoisotopic (exact) mass is 486 g/mol. The van der Waals surface area contributed by atoms with E-state index >= 15 is 0 Å². The second kappa shape index (κ2) is 10.7. The maximum absolute atomic E-state index is 12.5. The first-order valence-corrected chi connectivity index (χ1v) is 12.7. The zero-order valence-corrected chi connectivity index (χ0v) is 20.4. The number of ether oxygens (including phenoxy) is 1. The fourth-order valence-corrected chi connectivity index (χ4v) is 4.67. The van der Waals surface area contributed by atoms with Crippen molar-refractivity contribution in [2.45, 2.75) is 20.4 Å².